The first-order valence-corrected chi connectivity index (χ1v) is 8.62. The van der Waals surface area contributed by atoms with Gasteiger partial charge in [0.2, 0.25) is 0 Å². The summed E-state index contributed by atoms with van der Waals surface area (Å²) in [6, 6.07) is 1.69. The molecule has 0 saturated heterocycles. The predicted molar refractivity (Wildman–Crippen MR) is 80.9 cm³/mol. The Bertz CT molecular complexity index is 515. The molecule has 1 unspecified atom stereocenters. The molecule has 1 aromatic heterocycles. The van der Waals surface area contributed by atoms with E-state index in [0.29, 0.717) is 10.8 Å². The number of thiophene rings is 1. The van der Waals surface area contributed by atoms with Crippen LogP contribution in [-0.2, 0) is 16.6 Å². The van der Waals surface area contributed by atoms with Crippen molar-refractivity contribution < 1.29 is 8.42 Å². The molecule has 1 N–H and O–H groups in total. The van der Waals surface area contributed by atoms with Gasteiger partial charge in [0.05, 0.1) is 0 Å². The highest BCUT2D eigenvalue weighted by Gasteiger charge is 2.33. The van der Waals surface area contributed by atoms with E-state index >= 15 is 0 Å². The maximum Gasteiger partial charge on any atom is 0.252 e. The van der Waals surface area contributed by atoms with E-state index in [9.17, 15) is 8.42 Å². The molecule has 0 amide bonds. The van der Waals surface area contributed by atoms with Gasteiger partial charge in [-0.25, -0.2) is 8.42 Å². The second-order valence-corrected chi connectivity index (χ2v) is 9.00. The van der Waals surface area contributed by atoms with Crippen molar-refractivity contribution in [1.82, 2.24) is 9.62 Å². The van der Waals surface area contributed by atoms with E-state index in [4.69, 9.17) is 0 Å². The number of sulfonamides is 1. The number of nitrogens with zero attached hydrogens (tertiary/aromatic N) is 1. The van der Waals surface area contributed by atoms with Crippen LogP contribution in [-0.4, -0.2) is 32.9 Å². The molecule has 0 aliphatic carbocycles. The molecule has 4 nitrogen and oxygen atoms in total. The Morgan fingerprint density at radius 1 is 1.42 bits per heavy atom. The summed E-state index contributed by atoms with van der Waals surface area (Å²) in [5.74, 6) is 0. The highest BCUT2D eigenvalue weighted by atomic mass is 32.2. The lowest BCUT2D eigenvalue weighted by Gasteiger charge is -2.34. The molecule has 0 aliphatic heterocycles. The highest BCUT2D eigenvalue weighted by molar-refractivity contribution is 7.91. The van der Waals surface area contributed by atoms with E-state index in [1.54, 1.807) is 13.1 Å². The Balaban J connectivity index is 3.02. The summed E-state index contributed by atoms with van der Waals surface area (Å²) >= 11 is 1.28. The highest BCUT2D eigenvalue weighted by Crippen LogP contribution is 2.30. The van der Waals surface area contributed by atoms with Gasteiger partial charge >= 0.3 is 0 Å². The van der Waals surface area contributed by atoms with Crippen LogP contribution in [0.2, 0.25) is 0 Å². The number of hydrogen-bond acceptors (Lipinski definition) is 4. The van der Waals surface area contributed by atoms with E-state index in [2.05, 4.69) is 5.32 Å². The molecule has 1 heterocycles. The minimum absolute atomic E-state index is 0.0626. The molecule has 1 aromatic rings. The fourth-order valence-electron chi connectivity index (χ4n) is 1.68. The van der Waals surface area contributed by atoms with Crippen molar-refractivity contribution in [3.63, 3.8) is 0 Å². The van der Waals surface area contributed by atoms with Crippen LogP contribution < -0.4 is 5.32 Å². The molecular formula is C13H24N2O2S2. The summed E-state index contributed by atoms with van der Waals surface area (Å²) in [6.45, 7) is 8.77. The van der Waals surface area contributed by atoms with Gasteiger partial charge < -0.3 is 5.32 Å². The summed E-state index contributed by atoms with van der Waals surface area (Å²) in [5, 5.41) is 4.91. The predicted octanol–water partition coefficient (Wildman–Crippen LogP) is 2.52. The third-order valence-electron chi connectivity index (χ3n) is 3.44. The van der Waals surface area contributed by atoms with Crippen molar-refractivity contribution >= 4 is 21.4 Å². The molecular weight excluding hydrogens is 280 g/mol. The normalized spacial score (nSPS) is 14.9. The largest absolute Gasteiger partial charge is 0.316 e. The fraction of sp³-hybridized carbons (Fsp3) is 0.692. The lowest BCUT2D eigenvalue weighted by Crippen LogP contribution is -2.42. The van der Waals surface area contributed by atoms with Crippen molar-refractivity contribution in [2.24, 2.45) is 5.41 Å². The zero-order chi connectivity index (χ0) is 14.8. The minimum atomic E-state index is -3.39. The standard InChI is InChI=1S/C13H24N2O2S2/c1-10(13(2,3)4)15(6)19(16,17)12-7-11(8-14-5)9-18-12/h7,9-10,14H,8H2,1-6H3. The van der Waals surface area contributed by atoms with Crippen LogP contribution >= 0.6 is 11.3 Å². The molecule has 0 aliphatic rings. The fourth-order valence-corrected chi connectivity index (χ4v) is 4.62. The number of nitrogens with one attached hydrogen (secondary N) is 1. The smallest absolute Gasteiger partial charge is 0.252 e. The molecule has 0 bridgehead atoms. The molecule has 0 radical (unpaired) electrons. The van der Waals surface area contributed by atoms with Crippen LogP contribution in [0.5, 0.6) is 0 Å². The average Bonchev–Trinajstić information content (AvgIpc) is 2.75. The molecule has 19 heavy (non-hydrogen) atoms. The summed E-state index contributed by atoms with van der Waals surface area (Å²) in [7, 11) is 0.108. The van der Waals surface area contributed by atoms with Crippen molar-refractivity contribution in [3.8, 4) is 0 Å². The number of hydrogen-bond donors (Lipinski definition) is 1. The maximum atomic E-state index is 12.6. The molecule has 0 spiro atoms. The van der Waals surface area contributed by atoms with Gasteiger partial charge in [0, 0.05) is 19.6 Å². The first-order chi connectivity index (χ1) is 8.60. The molecule has 0 fully saturated rings. The summed E-state index contributed by atoms with van der Waals surface area (Å²) in [5.41, 5.74) is 0.912. The van der Waals surface area contributed by atoms with Gasteiger partial charge in [-0.1, -0.05) is 20.8 Å². The monoisotopic (exact) mass is 304 g/mol. The Morgan fingerprint density at radius 3 is 2.47 bits per heavy atom. The summed E-state index contributed by atoms with van der Waals surface area (Å²) in [6.07, 6.45) is 0. The molecule has 0 saturated carbocycles. The van der Waals surface area contributed by atoms with Crippen LogP contribution in [0.1, 0.15) is 33.3 Å². The molecule has 1 rings (SSSR count). The van der Waals surface area contributed by atoms with Crippen LogP contribution in [0.4, 0.5) is 0 Å². The molecule has 6 heteroatoms. The quantitative estimate of drug-likeness (QED) is 0.909. The first-order valence-electron chi connectivity index (χ1n) is 6.30. The molecule has 0 aromatic carbocycles. The van der Waals surface area contributed by atoms with E-state index in [1.807, 2.05) is 40.1 Å². The van der Waals surface area contributed by atoms with Crippen LogP contribution in [0.15, 0.2) is 15.7 Å². The summed E-state index contributed by atoms with van der Waals surface area (Å²) < 4.78 is 27.0. The third-order valence-corrected chi connectivity index (χ3v) is 6.83. The van der Waals surface area contributed by atoms with Crippen molar-refractivity contribution in [2.75, 3.05) is 14.1 Å². The lowest BCUT2D eigenvalue weighted by atomic mass is 9.88. The minimum Gasteiger partial charge on any atom is -0.316 e. The Kier molecular flexibility index (Phi) is 5.17. The second-order valence-electron chi connectivity index (χ2n) is 5.87. The molecule has 1 atom stereocenters. The topological polar surface area (TPSA) is 49.4 Å². The van der Waals surface area contributed by atoms with Gasteiger partial charge in [0.15, 0.2) is 0 Å². The van der Waals surface area contributed by atoms with Gasteiger partial charge in [-0.05, 0) is 36.4 Å². The maximum absolute atomic E-state index is 12.6. The molecule has 110 valence electrons. The van der Waals surface area contributed by atoms with Crippen LogP contribution in [0.3, 0.4) is 0 Å². The van der Waals surface area contributed by atoms with Gasteiger partial charge in [-0.2, -0.15) is 4.31 Å². The van der Waals surface area contributed by atoms with Gasteiger partial charge in [-0.3, -0.25) is 0 Å². The van der Waals surface area contributed by atoms with Crippen LogP contribution in [0.25, 0.3) is 0 Å². The van der Waals surface area contributed by atoms with Gasteiger partial charge in [0.25, 0.3) is 10.0 Å². The summed E-state index contributed by atoms with van der Waals surface area (Å²) in [4.78, 5) is 0. The average molecular weight is 304 g/mol. The SMILES string of the molecule is CNCc1csc(S(=O)(=O)N(C)C(C)C(C)(C)C)c1. The van der Waals surface area contributed by atoms with Gasteiger partial charge in [0.1, 0.15) is 4.21 Å². The first kappa shape index (κ1) is 16.6. The Hall–Kier alpha value is -0.430. The van der Waals surface area contributed by atoms with Gasteiger partial charge in [-0.15, -0.1) is 11.3 Å². The van der Waals surface area contributed by atoms with Crippen molar-refractivity contribution in [2.45, 2.75) is 44.5 Å². The zero-order valence-corrected chi connectivity index (χ0v) is 14.2. The van der Waals surface area contributed by atoms with E-state index in [0.717, 1.165) is 5.56 Å². The van der Waals surface area contributed by atoms with Crippen molar-refractivity contribution in [3.05, 3.63) is 17.0 Å². The Labute approximate surface area is 120 Å². The van der Waals surface area contributed by atoms with E-state index in [-0.39, 0.29) is 11.5 Å². The Morgan fingerprint density at radius 2 is 2.00 bits per heavy atom. The van der Waals surface area contributed by atoms with Crippen molar-refractivity contribution in [1.29, 1.82) is 0 Å². The van der Waals surface area contributed by atoms with E-state index < -0.39 is 10.0 Å². The zero-order valence-electron chi connectivity index (χ0n) is 12.5. The van der Waals surface area contributed by atoms with E-state index in [1.165, 1.54) is 15.6 Å². The third kappa shape index (κ3) is 3.78. The lowest BCUT2D eigenvalue weighted by molar-refractivity contribution is 0.217. The number of rotatable bonds is 5. The second kappa shape index (κ2) is 5.91. The van der Waals surface area contributed by atoms with Crippen LogP contribution in [0, 0.1) is 5.41 Å².